The van der Waals surface area contributed by atoms with Gasteiger partial charge in [0, 0.05) is 17.1 Å². The van der Waals surface area contributed by atoms with Crippen LogP contribution >= 0.6 is 11.6 Å². The molecule has 2 aliphatic rings. The van der Waals surface area contributed by atoms with Gasteiger partial charge < -0.3 is 5.32 Å². The largest absolute Gasteiger partial charge is 0.311 e. The Morgan fingerprint density at radius 1 is 1.05 bits per heavy atom. The van der Waals surface area contributed by atoms with Crippen molar-refractivity contribution in [2.24, 2.45) is 11.8 Å². The second-order valence-electron chi connectivity index (χ2n) is 6.60. The molecule has 1 N–H and O–H groups in total. The van der Waals surface area contributed by atoms with Gasteiger partial charge >= 0.3 is 0 Å². The van der Waals surface area contributed by atoms with Gasteiger partial charge in [0.25, 0.3) is 0 Å². The van der Waals surface area contributed by atoms with Crippen LogP contribution in [0, 0.1) is 11.8 Å². The van der Waals surface area contributed by atoms with E-state index in [0.717, 1.165) is 34.9 Å². The molecule has 3 atom stereocenters. The van der Waals surface area contributed by atoms with E-state index in [9.17, 15) is 0 Å². The molecule has 0 saturated heterocycles. The molecule has 1 nitrogen and oxygen atoms in total. The summed E-state index contributed by atoms with van der Waals surface area (Å²) in [6.07, 6.45) is 5.34. The molecule has 0 aliphatic heterocycles. The van der Waals surface area contributed by atoms with Gasteiger partial charge in [-0.3, -0.25) is 0 Å². The Kier molecular flexibility index (Phi) is 3.86. The van der Waals surface area contributed by atoms with E-state index in [2.05, 4.69) is 31.3 Å². The van der Waals surface area contributed by atoms with Crippen molar-refractivity contribution in [2.45, 2.75) is 57.5 Å². The molecule has 2 saturated carbocycles. The zero-order chi connectivity index (χ0) is 13.4. The van der Waals surface area contributed by atoms with E-state index in [1.54, 1.807) is 0 Å². The van der Waals surface area contributed by atoms with E-state index in [4.69, 9.17) is 11.6 Å². The zero-order valence-electron chi connectivity index (χ0n) is 11.9. The van der Waals surface area contributed by atoms with Crippen LogP contribution in [0.25, 0.3) is 0 Å². The lowest BCUT2D eigenvalue weighted by molar-refractivity contribution is 0.239. The van der Waals surface area contributed by atoms with Gasteiger partial charge in [-0.2, -0.15) is 0 Å². The average molecular weight is 278 g/mol. The zero-order valence-corrected chi connectivity index (χ0v) is 12.7. The Morgan fingerprint density at radius 3 is 2.32 bits per heavy atom. The Morgan fingerprint density at radius 2 is 1.74 bits per heavy atom. The number of nitrogens with one attached hydrogen (secondary N) is 1. The second kappa shape index (κ2) is 5.46. The minimum absolute atomic E-state index is 0.735. The first-order valence-electron chi connectivity index (χ1n) is 7.65. The van der Waals surface area contributed by atoms with E-state index in [1.165, 1.54) is 31.2 Å². The smallest absolute Gasteiger partial charge is 0.0406 e. The molecular weight excluding hydrogens is 254 g/mol. The van der Waals surface area contributed by atoms with Crippen molar-refractivity contribution in [1.29, 1.82) is 0 Å². The Hall–Kier alpha value is -0.530. The molecule has 0 bridgehead atoms. The number of rotatable bonds is 3. The van der Waals surface area contributed by atoms with E-state index < -0.39 is 0 Å². The SMILES string of the molecule is CC1CCC(NC2CC(c3ccc(Cl)cc3)C2)C1C. The van der Waals surface area contributed by atoms with Crippen LogP contribution in [0.5, 0.6) is 0 Å². The van der Waals surface area contributed by atoms with Crippen molar-refractivity contribution in [3.05, 3.63) is 34.9 Å². The Bertz CT molecular complexity index is 421. The maximum Gasteiger partial charge on any atom is 0.0406 e. The van der Waals surface area contributed by atoms with Crippen LogP contribution in [0.15, 0.2) is 24.3 Å². The maximum atomic E-state index is 5.94. The maximum absolute atomic E-state index is 5.94. The molecule has 19 heavy (non-hydrogen) atoms. The number of halogens is 1. The molecule has 1 aromatic carbocycles. The monoisotopic (exact) mass is 277 g/mol. The highest BCUT2D eigenvalue weighted by Crippen LogP contribution is 2.39. The fourth-order valence-electron chi connectivity index (χ4n) is 3.66. The topological polar surface area (TPSA) is 12.0 Å². The van der Waals surface area contributed by atoms with Crippen molar-refractivity contribution in [3.63, 3.8) is 0 Å². The molecular formula is C17H24ClN. The fraction of sp³-hybridized carbons (Fsp3) is 0.647. The van der Waals surface area contributed by atoms with Crippen LogP contribution in [0.4, 0.5) is 0 Å². The first-order chi connectivity index (χ1) is 9.13. The third-order valence-electron chi connectivity index (χ3n) is 5.39. The average Bonchev–Trinajstić information content (AvgIpc) is 2.66. The third kappa shape index (κ3) is 2.83. The predicted octanol–water partition coefficient (Wildman–Crippen LogP) is 4.61. The lowest BCUT2D eigenvalue weighted by Crippen LogP contribution is -2.46. The van der Waals surface area contributed by atoms with Gasteiger partial charge in [-0.05, 0) is 61.1 Å². The molecule has 1 aromatic rings. The summed E-state index contributed by atoms with van der Waals surface area (Å²) in [6.45, 7) is 4.80. The van der Waals surface area contributed by atoms with E-state index in [0.29, 0.717) is 0 Å². The molecule has 2 heteroatoms. The van der Waals surface area contributed by atoms with E-state index in [1.807, 2.05) is 12.1 Å². The number of hydrogen-bond donors (Lipinski definition) is 1. The third-order valence-corrected chi connectivity index (χ3v) is 5.65. The van der Waals surface area contributed by atoms with Gasteiger partial charge in [0.15, 0.2) is 0 Å². The summed E-state index contributed by atoms with van der Waals surface area (Å²) in [5.74, 6) is 2.48. The Labute approximate surface area is 121 Å². The van der Waals surface area contributed by atoms with Gasteiger partial charge in [-0.25, -0.2) is 0 Å². The number of benzene rings is 1. The molecule has 0 radical (unpaired) electrons. The van der Waals surface area contributed by atoms with Crippen molar-refractivity contribution in [2.75, 3.05) is 0 Å². The molecule has 2 fully saturated rings. The lowest BCUT2D eigenvalue weighted by Gasteiger charge is -2.39. The predicted molar refractivity (Wildman–Crippen MR) is 81.7 cm³/mol. The minimum Gasteiger partial charge on any atom is -0.311 e. The fourth-order valence-corrected chi connectivity index (χ4v) is 3.79. The van der Waals surface area contributed by atoms with Gasteiger partial charge in [-0.1, -0.05) is 37.6 Å². The summed E-state index contributed by atoms with van der Waals surface area (Å²) in [7, 11) is 0. The van der Waals surface area contributed by atoms with Gasteiger partial charge in [0.05, 0.1) is 0 Å². The quantitative estimate of drug-likeness (QED) is 0.851. The summed E-state index contributed by atoms with van der Waals surface area (Å²) < 4.78 is 0. The molecule has 2 aliphatic carbocycles. The molecule has 0 aromatic heterocycles. The summed E-state index contributed by atoms with van der Waals surface area (Å²) >= 11 is 5.94. The van der Waals surface area contributed by atoms with Crippen LogP contribution in [-0.2, 0) is 0 Å². The van der Waals surface area contributed by atoms with Gasteiger partial charge in [-0.15, -0.1) is 0 Å². The van der Waals surface area contributed by atoms with Crippen LogP contribution < -0.4 is 5.32 Å². The van der Waals surface area contributed by atoms with Gasteiger partial charge in [0.1, 0.15) is 0 Å². The van der Waals surface area contributed by atoms with E-state index >= 15 is 0 Å². The van der Waals surface area contributed by atoms with Crippen LogP contribution in [0.2, 0.25) is 5.02 Å². The first-order valence-corrected chi connectivity index (χ1v) is 8.03. The minimum atomic E-state index is 0.735. The van der Waals surface area contributed by atoms with Crippen LogP contribution in [0.1, 0.15) is 51.0 Å². The Balaban J connectivity index is 1.49. The molecule has 0 amide bonds. The molecule has 104 valence electrons. The second-order valence-corrected chi connectivity index (χ2v) is 7.04. The first kappa shape index (κ1) is 13.5. The van der Waals surface area contributed by atoms with Crippen molar-refractivity contribution < 1.29 is 0 Å². The summed E-state index contributed by atoms with van der Waals surface area (Å²) in [4.78, 5) is 0. The van der Waals surface area contributed by atoms with Crippen LogP contribution in [-0.4, -0.2) is 12.1 Å². The van der Waals surface area contributed by atoms with Gasteiger partial charge in [0.2, 0.25) is 0 Å². The molecule has 3 rings (SSSR count). The van der Waals surface area contributed by atoms with Crippen LogP contribution in [0.3, 0.4) is 0 Å². The van der Waals surface area contributed by atoms with Crippen molar-refractivity contribution in [1.82, 2.24) is 5.32 Å². The molecule has 3 unspecified atom stereocenters. The molecule has 0 spiro atoms. The normalized spacial score (nSPS) is 38.2. The lowest BCUT2D eigenvalue weighted by atomic mass is 9.75. The van der Waals surface area contributed by atoms with Crippen molar-refractivity contribution in [3.8, 4) is 0 Å². The highest BCUT2D eigenvalue weighted by Gasteiger charge is 2.36. The standard InChI is InChI=1S/C17H24ClN/c1-11-3-8-17(12(11)2)19-16-9-14(10-16)13-4-6-15(18)7-5-13/h4-7,11-12,14,16-17,19H,3,8-10H2,1-2H3. The van der Waals surface area contributed by atoms with E-state index in [-0.39, 0.29) is 0 Å². The summed E-state index contributed by atoms with van der Waals surface area (Å²) in [5, 5.41) is 4.72. The molecule has 0 heterocycles. The highest BCUT2D eigenvalue weighted by atomic mass is 35.5. The van der Waals surface area contributed by atoms with Crippen molar-refractivity contribution >= 4 is 11.6 Å². The summed E-state index contributed by atoms with van der Waals surface area (Å²) in [6, 6.07) is 9.88. The highest BCUT2D eigenvalue weighted by molar-refractivity contribution is 6.30. The number of hydrogen-bond acceptors (Lipinski definition) is 1. The summed E-state index contributed by atoms with van der Waals surface area (Å²) in [5.41, 5.74) is 1.45.